The van der Waals surface area contributed by atoms with Crippen molar-refractivity contribution in [2.24, 2.45) is 35.0 Å². The maximum Gasteiger partial charge on any atom is 0.243 e. The summed E-state index contributed by atoms with van der Waals surface area (Å²) in [6.07, 6.45) is 13.2. The first-order valence-electron chi connectivity index (χ1n) is 9.98. The van der Waals surface area contributed by atoms with E-state index in [1.807, 2.05) is 6.08 Å². The van der Waals surface area contributed by atoms with E-state index in [1.165, 1.54) is 32.1 Å². The van der Waals surface area contributed by atoms with Gasteiger partial charge in [0, 0.05) is 12.0 Å². The fraction of sp³-hybridized carbons (Fsp3) is 0.810. The van der Waals surface area contributed by atoms with E-state index in [-0.39, 0.29) is 11.3 Å². The third-order valence-electron chi connectivity index (χ3n) is 8.12. The van der Waals surface area contributed by atoms with Crippen LogP contribution in [0.1, 0.15) is 65.2 Å². The van der Waals surface area contributed by atoms with E-state index >= 15 is 0 Å². The molecule has 0 saturated heterocycles. The quantitative estimate of drug-likeness (QED) is 0.793. The van der Waals surface area contributed by atoms with E-state index in [0.29, 0.717) is 23.7 Å². The van der Waals surface area contributed by atoms with Crippen molar-refractivity contribution >= 4 is 11.7 Å². The molecule has 1 heterocycles. The van der Waals surface area contributed by atoms with E-state index < -0.39 is 0 Å². The maximum absolute atomic E-state index is 12.2. The minimum atomic E-state index is 0.0984. The highest BCUT2D eigenvalue weighted by molar-refractivity contribution is 5.87. The second kappa shape index (κ2) is 6.00. The van der Waals surface area contributed by atoms with Crippen LogP contribution in [0.4, 0.5) is 0 Å². The molecule has 4 aliphatic rings. The molecule has 3 nitrogen and oxygen atoms in total. The molecule has 132 valence electrons. The summed E-state index contributed by atoms with van der Waals surface area (Å²) in [5.41, 5.74) is 0.241. The molecule has 4 rings (SSSR count). The summed E-state index contributed by atoms with van der Waals surface area (Å²) in [6.45, 7) is 4.21. The van der Waals surface area contributed by atoms with Gasteiger partial charge in [-0.05, 0) is 93.5 Å². The van der Waals surface area contributed by atoms with Gasteiger partial charge in [-0.3, -0.25) is 9.59 Å². The van der Waals surface area contributed by atoms with Crippen molar-refractivity contribution in [2.45, 2.75) is 71.3 Å². The van der Waals surface area contributed by atoms with Crippen LogP contribution in [0.25, 0.3) is 0 Å². The molecule has 3 aliphatic carbocycles. The molecular weight excluding hydrogens is 298 g/mol. The van der Waals surface area contributed by atoms with Gasteiger partial charge in [-0.2, -0.15) is 0 Å². The highest BCUT2D eigenvalue weighted by atomic mass is 16.1. The van der Waals surface area contributed by atoms with Crippen LogP contribution in [0, 0.1) is 35.0 Å². The molecule has 0 spiro atoms. The highest BCUT2D eigenvalue weighted by Gasteiger charge is 2.57. The van der Waals surface area contributed by atoms with Gasteiger partial charge in [0.05, 0.1) is 0 Å². The van der Waals surface area contributed by atoms with Gasteiger partial charge in [0.2, 0.25) is 5.91 Å². The minimum Gasteiger partial charge on any atom is -0.350 e. The average molecular weight is 329 g/mol. The van der Waals surface area contributed by atoms with Crippen LogP contribution in [0.5, 0.6) is 0 Å². The summed E-state index contributed by atoms with van der Waals surface area (Å²) in [4.78, 5) is 24.1. The van der Waals surface area contributed by atoms with Crippen LogP contribution < -0.4 is 5.32 Å². The molecule has 0 aromatic rings. The SMILES string of the molecule is CC(=O)C1CCC2C3CCC4NC(=O)C=CCC[C@H]4C3CC[C@]12C. The fourth-order valence-corrected chi connectivity index (χ4v) is 7.12. The molecule has 3 saturated carbocycles. The van der Waals surface area contributed by atoms with Crippen LogP contribution >= 0.6 is 0 Å². The van der Waals surface area contributed by atoms with Crippen LogP contribution in [-0.2, 0) is 9.59 Å². The number of ketones is 1. The van der Waals surface area contributed by atoms with Crippen molar-refractivity contribution in [3.8, 4) is 0 Å². The lowest BCUT2D eigenvalue weighted by atomic mass is 9.51. The van der Waals surface area contributed by atoms with Crippen molar-refractivity contribution in [2.75, 3.05) is 0 Å². The second-order valence-corrected chi connectivity index (χ2v) is 9.06. The number of hydrogen-bond acceptors (Lipinski definition) is 2. The largest absolute Gasteiger partial charge is 0.350 e. The summed E-state index contributed by atoms with van der Waals surface area (Å²) in [7, 11) is 0. The zero-order valence-corrected chi connectivity index (χ0v) is 15.1. The number of fused-ring (bicyclic) bond motifs is 5. The van der Waals surface area contributed by atoms with E-state index in [0.717, 1.165) is 37.0 Å². The lowest BCUT2D eigenvalue weighted by Gasteiger charge is -2.54. The molecule has 5 unspecified atom stereocenters. The topological polar surface area (TPSA) is 46.2 Å². The van der Waals surface area contributed by atoms with Gasteiger partial charge in [-0.15, -0.1) is 0 Å². The second-order valence-electron chi connectivity index (χ2n) is 9.06. The Kier molecular flexibility index (Phi) is 4.09. The summed E-state index contributed by atoms with van der Waals surface area (Å²) >= 11 is 0. The molecular formula is C21H31NO2. The van der Waals surface area contributed by atoms with Gasteiger partial charge in [-0.25, -0.2) is 0 Å². The van der Waals surface area contributed by atoms with Gasteiger partial charge in [0.25, 0.3) is 0 Å². The first-order chi connectivity index (χ1) is 11.5. The standard InChI is InChI=1S/C21H31NO2/c1-13(23)17-8-9-18-15-7-10-19-16(5-3-4-6-20(24)22-19)14(15)11-12-21(17,18)2/h4,6,14-19H,3,5,7-12H2,1-2H3,(H,22,24)/t14?,15?,16-,17?,18?,19?,21+/m0/s1. The van der Waals surface area contributed by atoms with E-state index in [4.69, 9.17) is 0 Å². The Morgan fingerprint density at radius 2 is 1.92 bits per heavy atom. The Morgan fingerprint density at radius 1 is 1.08 bits per heavy atom. The van der Waals surface area contributed by atoms with Crippen molar-refractivity contribution in [3.05, 3.63) is 12.2 Å². The third kappa shape index (κ3) is 2.46. The lowest BCUT2D eigenvalue weighted by molar-refractivity contribution is -0.128. The molecule has 24 heavy (non-hydrogen) atoms. The maximum atomic E-state index is 12.2. The lowest BCUT2D eigenvalue weighted by Crippen LogP contribution is -2.53. The zero-order chi connectivity index (χ0) is 16.9. The first-order valence-corrected chi connectivity index (χ1v) is 9.98. The molecule has 0 aromatic heterocycles. The number of rotatable bonds is 1. The molecule has 0 bridgehead atoms. The minimum absolute atomic E-state index is 0.0984. The van der Waals surface area contributed by atoms with Gasteiger partial charge in [-0.1, -0.05) is 13.0 Å². The summed E-state index contributed by atoms with van der Waals surface area (Å²) < 4.78 is 0. The molecule has 0 aromatic carbocycles. The number of carbonyl (C=O) groups excluding carboxylic acids is 2. The summed E-state index contributed by atoms with van der Waals surface area (Å²) in [6, 6.07) is 0.373. The number of amides is 1. The van der Waals surface area contributed by atoms with E-state index in [1.54, 1.807) is 13.0 Å². The number of hydrogen-bond donors (Lipinski definition) is 1. The predicted octanol–water partition coefficient (Wildman–Crippen LogP) is 3.88. The number of Topliss-reactive ketones (excluding diaryl/α,β-unsaturated/α-hetero) is 1. The van der Waals surface area contributed by atoms with Crippen LogP contribution in [0.3, 0.4) is 0 Å². The summed E-state index contributed by atoms with van der Waals surface area (Å²) in [5.74, 6) is 3.69. The average Bonchev–Trinajstić information content (AvgIpc) is 2.88. The Labute approximate surface area is 145 Å². The van der Waals surface area contributed by atoms with Crippen LogP contribution in [0.2, 0.25) is 0 Å². The Hall–Kier alpha value is -1.12. The number of allylic oxidation sites excluding steroid dienone is 1. The number of nitrogens with one attached hydrogen (secondary N) is 1. The summed E-state index contributed by atoms with van der Waals surface area (Å²) in [5, 5.41) is 3.27. The van der Waals surface area contributed by atoms with Crippen molar-refractivity contribution in [1.29, 1.82) is 0 Å². The van der Waals surface area contributed by atoms with Crippen molar-refractivity contribution in [3.63, 3.8) is 0 Å². The number of carbonyl (C=O) groups is 2. The van der Waals surface area contributed by atoms with Crippen LogP contribution in [-0.4, -0.2) is 17.7 Å². The molecule has 1 N–H and O–H groups in total. The molecule has 3 heteroatoms. The van der Waals surface area contributed by atoms with Gasteiger partial charge in [0.15, 0.2) is 0 Å². The monoisotopic (exact) mass is 329 g/mol. The zero-order valence-electron chi connectivity index (χ0n) is 15.1. The first kappa shape index (κ1) is 16.4. The van der Waals surface area contributed by atoms with Crippen molar-refractivity contribution in [1.82, 2.24) is 5.32 Å². The van der Waals surface area contributed by atoms with Crippen molar-refractivity contribution < 1.29 is 9.59 Å². The third-order valence-corrected chi connectivity index (χ3v) is 8.12. The van der Waals surface area contributed by atoms with E-state index in [2.05, 4.69) is 12.2 Å². The van der Waals surface area contributed by atoms with Crippen LogP contribution in [0.15, 0.2) is 12.2 Å². The highest BCUT2D eigenvalue weighted by Crippen LogP contribution is 2.62. The fourth-order valence-electron chi connectivity index (χ4n) is 7.12. The smallest absolute Gasteiger partial charge is 0.243 e. The van der Waals surface area contributed by atoms with Gasteiger partial charge < -0.3 is 5.32 Å². The normalized spacial score (nSPS) is 47.7. The predicted molar refractivity (Wildman–Crippen MR) is 94.2 cm³/mol. The Balaban J connectivity index is 1.58. The molecule has 1 amide bonds. The Bertz CT molecular complexity index is 568. The molecule has 0 radical (unpaired) electrons. The van der Waals surface area contributed by atoms with E-state index in [9.17, 15) is 9.59 Å². The molecule has 1 aliphatic heterocycles. The molecule has 7 atom stereocenters. The Morgan fingerprint density at radius 3 is 2.71 bits per heavy atom. The molecule has 3 fully saturated rings. The van der Waals surface area contributed by atoms with Gasteiger partial charge >= 0.3 is 0 Å². The van der Waals surface area contributed by atoms with Gasteiger partial charge in [0.1, 0.15) is 5.78 Å².